The molecule has 0 atom stereocenters. The second-order valence-electron chi connectivity index (χ2n) is 18.8. The van der Waals surface area contributed by atoms with Gasteiger partial charge in [0.05, 0.1) is 11.4 Å². The van der Waals surface area contributed by atoms with Crippen LogP contribution in [0.25, 0.3) is 109 Å². The minimum Gasteiger partial charge on any atom is -0.456 e. The molecule has 0 unspecified atom stereocenters. The third-order valence-corrected chi connectivity index (χ3v) is 14.8. The summed E-state index contributed by atoms with van der Waals surface area (Å²) in [5, 5.41) is 14.6. The average molecular weight is 854 g/mol. The summed E-state index contributed by atoms with van der Waals surface area (Å²) in [6.07, 6.45) is 0. The zero-order valence-corrected chi connectivity index (χ0v) is 37.2. The maximum Gasteiger partial charge on any atom is 0.135 e. The first-order valence-corrected chi connectivity index (χ1v) is 23.3. The smallest absolute Gasteiger partial charge is 0.135 e. The fourth-order valence-corrected chi connectivity index (χ4v) is 11.6. The molecule has 12 aromatic carbocycles. The lowest BCUT2D eigenvalue weighted by Crippen LogP contribution is -2.17. The third-order valence-electron chi connectivity index (χ3n) is 14.8. The quantitative estimate of drug-likeness (QED) is 0.160. The number of nitrogens with zero attached hydrogens (tertiary/aromatic N) is 1. The molecule has 1 heterocycles. The minimum absolute atomic E-state index is 0.277. The van der Waals surface area contributed by atoms with E-state index in [2.05, 4.69) is 237 Å². The number of furan rings is 1. The van der Waals surface area contributed by atoms with E-state index in [0.717, 1.165) is 39.0 Å². The second-order valence-corrected chi connectivity index (χ2v) is 18.8. The molecule has 1 aliphatic carbocycles. The van der Waals surface area contributed by atoms with E-state index in [1.54, 1.807) is 0 Å². The molecule has 14 rings (SSSR count). The van der Waals surface area contributed by atoms with Crippen molar-refractivity contribution in [1.82, 2.24) is 0 Å². The SMILES string of the molecule is CC1(C)c2cc(-c3c4ccccc4c(-c4ccc5oc6ccccc6c5c4)c4cc5ccccc5cc34)ccc2-c2ccc(N(c3cccc4ccccc34)c3cccc4ccccc34)cc21. The maximum atomic E-state index is 6.32. The summed E-state index contributed by atoms with van der Waals surface area (Å²) < 4.78 is 6.32. The lowest BCUT2D eigenvalue weighted by atomic mass is 9.80. The minimum atomic E-state index is -0.277. The predicted octanol–water partition coefficient (Wildman–Crippen LogP) is 18.5. The summed E-state index contributed by atoms with van der Waals surface area (Å²) in [5.41, 5.74) is 15.2. The number of rotatable bonds is 5. The van der Waals surface area contributed by atoms with E-state index < -0.39 is 0 Å². The van der Waals surface area contributed by atoms with Crippen LogP contribution in [0.3, 0.4) is 0 Å². The average Bonchev–Trinajstić information content (AvgIpc) is 3.85. The summed E-state index contributed by atoms with van der Waals surface area (Å²) in [7, 11) is 0. The van der Waals surface area contributed by atoms with Crippen molar-refractivity contribution in [2.75, 3.05) is 4.90 Å². The monoisotopic (exact) mass is 853 g/mol. The molecular formula is C65H43NO. The van der Waals surface area contributed by atoms with Gasteiger partial charge in [-0.25, -0.2) is 0 Å². The molecule has 1 aromatic heterocycles. The fraction of sp³-hybridized carbons (Fsp3) is 0.0462. The Balaban J connectivity index is 0.966. The van der Waals surface area contributed by atoms with E-state index in [0.29, 0.717) is 0 Å². The molecule has 0 amide bonds. The van der Waals surface area contributed by atoms with E-state index in [1.807, 2.05) is 6.07 Å². The summed E-state index contributed by atoms with van der Waals surface area (Å²) in [6, 6.07) is 83.0. The Morgan fingerprint density at radius 1 is 0.328 bits per heavy atom. The molecule has 13 aromatic rings. The van der Waals surface area contributed by atoms with Crippen molar-refractivity contribution in [2.45, 2.75) is 19.3 Å². The van der Waals surface area contributed by atoms with Crippen molar-refractivity contribution in [3.05, 3.63) is 236 Å². The first kappa shape index (κ1) is 37.9. The molecule has 0 aliphatic heterocycles. The Morgan fingerprint density at radius 3 is 1.42 bits per heavy atom. The van der Waals surface area contributed by atoms with Crippen LogP contribution in [0.2, 0.25) is 0 Å². The van der Waals surface area contributed by atoms with Crippen molar-refractivity contribution >= 4 is 92.9 Å². The van der Waals surface area contributed by atoms with E-state index in [9.17, 15) is 0 Å². The van der Waals surface area contributed by atoms with E-state index in [4.69, 9.17) is 4.42 Å². The highest BCUT2D eigenvalue weighted by Crippen LogP contribution is 2.54. The fourth-order valence-electron chi connectivity index (χ4n) is 11.6. The highest BCUT2D eigenvalue weighted by molar-refractivity contribution is 6.24. The molecule has 2 nitrogen and oxygen atoms in total. The molecule has 0 N–H and O–H groups in total. The molecule has 0 bridgehead atoms. The van der Waals surface area contributed by atoms with Crippen LogP contribution >= 0.6 is 0 Å². The number of anilines is 3. The van der Waals surface area contributed by atoms with Crippen LogP contribution in [0.1, 0.15) is 25.0 Å². The van der Waals surface area contributed by atoms with Gasteiger partial charge < -0.3 is 9.32 Å². The Hall–Kier alpha value is -8.46. The largest absolute Gasteiger partial charge is 0.456 e. The molecule has 0 saturated carbocycles. The predicted molar refractivity (Wildman–Crippen MR) is 284 cm³/mol. The number of para-hydroxylation sites is 1. The lowest BCUT2D eigenvalue weighted by Gasteiger charge is -2.30. The van der Waals surface area contributed by atoms with Crippen LogP contribution in [0.15, 0.2) is 229 Å². The van der Waals surface area contributed by atoms with Gasteiger partial charge in [-0.15, -0.1) is 0 Å². The topological polar surface area (TPSA) is 16.4 Å². The van der Waals surface area contributed by atoms with Crippen molar-refractivity contribution < 1.29 is 4.42 Å². The van der Waals surface area contributed by atoms with Crippen LogP contribution in [0, 0.1) is 0 Å². The second kappa shape index (κ2) is 14.3. The van der Waals surface area contributed by atoms with Crippen molar-refractivity contribution in [1.29, 1.82) is 0 Å². The summed E-state index contributed by atoms with van der Waals surface area (Å²) >= 11 is 0. The van der Waals surface area contributed by atoms with Crippen LogP contribution < -0.4 is 4.90 Å². The van der Waals surface area contributed by atoms with Gasteiger partial charge in [-0.3, -0.25) is 0 Å². The van der Waals surface area contributed by atoms with Crippen molar-refractivity contribution in [3.8, 4) is 33.4 Å². The Bertz CT molecular complexity index is 4120. The molecule has 2 heteroatoms. The Morgan fingerprint density at radius 2 is 0.791 bits per heavy atom. The maximum absolute atomic E-state index is 6.32. The first-order valence-electron chi connectivity index (χ1n) is 23.3. The van der Waals surface area contributed by atoms with Gasteiger partial charge in [0.1, 0.15) is 11.2 Å². The summed E-state index contributed by atoms with van der Waals surface area (Å²) in [6.45, 7) is 4.82. The number of hydrogen-bond acceptors (Lipinski definition) is 2. The Kier molecular flexibility index (Phi) is 8.06. The van der Waals surface area contributed by atoms with Gasteiger partial charge in [0.25, 0.3) is 0 Å². The van der Waals surface area contributed by atoms with Crippen molar-refractivity contribution in [3.63, 3.8) is 0 Å². The number of benzene rings is 12. The van der Waals surface area contributed by atoms with Crippen LogP contribution in [0.5, 0.6) is 0 Å². The first-order chi connectivity index (χ1) is 33.0. The molecule has 314 valence electrons. The molecule has 0 saturated heterocycles. The lowest BCUT2D eigenvalue weighted by molar-refractivity contribution is 0.660. The number of hydrogen-bond donors (Lipinski definition) is 0. The van der Waals surface area contributed by atoms with Gasteiger partial charge in [0.15, 0.2) is 0 Å². The molecule has 0 fully saturated rings. The van der Waals surface area contributed by atoms with Crippen LogP contribution in [-0.4, -0.2) is 0 Å². The zero-order valence-electron chi connectivity index (χ0n) is 37.2. The van der Waals surface area contributed by atoms with Gasteiger partial charge in [0.2, 0.25) is 0 Å². The third kappa shape index (κ3) is 5.63. The van der Waals surface area contributed by atoms with Gasteiger partial charge >= 0.3 is 0 Å². The highest BCUT2D eigenvalue weighted by Gasteiger charge is 2.37. The number of fused-ring (bicyclic) bond motifs is 11. The summed E-state index contributed by atoms with van der Waals surface area (Å²) in [5.74, 6) is 0. The molecule has 67 heavy (non-hydrogen) atoms. The normalized spacial score (nSPS) is 13.0. The van der Waals surface area contributed by atoms with Gasteiger partial charge in [-0.1, -0.05) is 178 Å². The van der Waals surface area contributed by atoms with Gasteiger partial charge in [-0.2, -0.15) is 0 Å². The van der Waals surface area contributed by atoms with E-state index in [-0.39, 0.29) is 5.41 Å². The molecule has 0 radical (unpaired) electrons. The molecule has 1 aliphatic rings. The standard InChI is InChI=1S/C65H43NO/c1-65(2)57-38-45(29-32-49(57)50-33-31-46(39-58(50)65)66(59-26-13-19-40-15-5-7-21-47(40)59)60-27-14-20-41-16-6-8-22-48(41)60)64-53-25-10-9-24-52(53)63(55-35-42-17-3-4-18-43(42)36-56(55)64)44-30-34-62-54(37-44)51-23-11-12-28-61(51)67-62/h3-39H,1-2H3. The zero-order chi connectivity index (χ0) is 44.4. The van der Waals surface area contributed by atoms with E-state index >= 15 is 0 Å². The Labute approximate surface area is 388 Å². The van der Waals surface area contributed by atoms with Crippen molar-refractivity contribution in [2.24, 2.45) is 0 Å². The van der Waals surface area contributed by atoms with Gasteiger partial charge in [0, 0.05) is 32.6 Å². The van der Waals surface area contributed by atoms with Crippen LogP contribution in [0.4, 0.5) is 17.1 Å². The van der Waals surface area contributed by atoms with Gasteiger partial charge in [-0.05, 0) is 148 Å². The highest BCUT2D eigenvalue weighted by atomic mass is 16.3. The molecule has 0 spiro atoms. The van der Waals surface area contributed by atoms with E-state index in [1.165, 1.54) is 98.4 Å². The molecular weight excluding hydrogens is 811 g/mol. The van der Waals surface area contributed by atoms with Crippen LogP contribution in [-0.2, 0) is 5.41 Å². The summed E-state index contributed by atoms with van der Waals surface area (Å²) in [4.78, 5) is 2.48.